The van der Waals surface area contributed by atoms with Crippen LogP contribution in [0.1, 0.15) is 26.3 Å². The SMILES string of the molecule is Nc1ccc(Oc2ccnc3c2OCCN3)c(F)c1.O=C(Cc1ccc(Oc2ccnc3c2OCCN3)c(F)c1)c1cccn(-c2ccc(F)cc2)c1=O.O=C(O)c1cccn(-c2ccc(F)cc2)c1=O. The van der Waals surface area contributed by atoms with Crippen molar-refractivity contribution in [1.29, 1.82) is 0 Å². The fourth-order valence-corrected chi connectivity index (χ4v) is 7.03. The summed E-state index contributed by atoms with van der Waals surface area (Å²) < 4.78 is 79.2. The fourth-order valence-electron chi connectivity index (χ4n) is 7.03. The van der Waals surface area contributed by atoms with E-state index in [1.807, 2.05) is 0 Å². The molecule has 0 saturated heterocycles. The Balaban J connectivity index is 0.000000158. The first kappa shape index (κ1) is 48.0. The maximum atomic E-state index is 14.8. The van der Waals surface area contributed by atoms with Crippen LogP contribution in [0.2, 0.25) is 0 Å². The van der Waals surface area contributed by atoms with Gasteiger partial charge in [-0.3, -0.25) is 23.5 Å². The number of rotatable bonds is 10. The van der Waals surface area contributed by atoms with Crippen LogP contribution in [0.5, 0.6) is 34.5 Å². The molecule has 0 spiro atoms. The van der Waals surface area contributed by atoms with E-state index in [1.54, 1.807) is 36.5 Å². The minimum Gasteiger partial charge on any atom is -0.485 e. The number of Topliss-reactive ketones (excluding diaryl/α,β-unsaturated/α-hetero) is 1. The number of anilines is 3. The largest absolute Gasteiger partial charge is 0.485 e. The lowest BCUT2D eigenvalue weighted by atomic mass is 10.0. The third kappa shape index (κ3) is 11.5. The molecule has 6 heterocycles. The molecular formula is C51H39F4N7O9. The van der Waals surface area contributed by atoms with Gasteiger partial charge in [0.05, 0.1) is 18.7 Å². The summed E-state index contributed by atoms with van der Waals surface area (Å²) in [4.78, 5) is 56.6. The van der Waals surface area contributed by atoms with E-state index in [0.717, 1.165) is 4.57 Å². The number of hydrogen-bond donors (Lipinski definition) is 4. The molecule has 0 fully saturated rings. The van der Waals surface area contributed by atoms with Crippen molar-refractivity contribution in [2.75, 3.05) is 42.7 Å². The molecule has 0 atom stereocenters. The highest BCUT2D eigenvalue weighted by Gasteiger charge is 2.21. The first-order chi connectivity index (χ1) is 34.3. The number of pyridine rings is 4. The molecule has 0 bridgehead atoms. The van der Waals surface area contributed by atoms with Gasteiger partial charge in [-0.25, -0.2) is 32.3 Å². The lowest BCUT2D eigenvalue weighted by Gasteiger charge is -2.20. The second kappa shape index (κ2) is 21.7. The Morgan fingerprint density at radius 2 is 1.10 bits per heavy atom. The molecule has 0 saturated carbocycles. The van der Waals surface area contributed by atoms with Crippen molar-refractivity contribution < 1.29 is 51.2 Å². The minimum absolute atomic E-state index is 0.0397. The number of aromatic carboxylic acids is 1. The van der Waals surface area contributed by atoms with E-state index >= 15 is 0 Å². The van der Waals surface area contributed by atoms with Crippen LogP contribution in [-0.2, 0) is 6.42 Å². The number of carbonyl (C=O) groups is 2. The minimum atomic E-state index is -1.29. The van der Waals surface area contributed by atoms with Gasteiger partial charge in [-0.1, -0.05) is 6.07 Å². The third-order valence-electron chi connectivity index (χ3n) is 10.4. The van der Waals surface area contributed by atoms with Gasteiger partial charge in [0, 0.05) is 66.5 Å². The average molecular weight is 970 g/mol. The lowest BCUT2D eigenvalue weighted by molar-refractivity contribution is 0.0694. The van der Waals surface area contributed by atoms with E-state index in [0.29, 0.717) is 83.6 Å². The molecule has 4 aromatic heterocycles. The number of ether oxygens (including phenoxy) is 4. The third-order valence-corrected chi connectivity index (χ3v) is 10.4. The van der Waals surface area contributed by atoms with E-state index in [4.69, 9.17) is 29.8 Å². The number of halogens is 4. The number of carbonyl (C=O) groups excluding carboxylic acids is 1. The summed E-state index contributed by atoms with van der Waals surface area (Å²) in [6.07, 6.45) is 5.85. The maximum Gasteiger partial charge on any atom is 0.341 e. The summed E-state index contributed by atoms with van der Waals surface area (Å²) in [6.45, 7) is 2.23. The normalized spacial score (nSPS) is 12.0. The highest BCUT2D eigenvalue weighted by atomic mass is 19.1. The molecular weight excluding hydrogens is 931 g/mol. The van der Waals surface area contributed by atoms with E-state index in [2.05, 4.69) is 20.6 Å². The second-order valence-electron chi connectivity index (χ2n) is 15.2. The van der Waals surface area contributed by atoms with Crippen LogP contribution < -0.4 is 46.4 Å². The Bertz CT molecular complexity index is 3370. The van der Waals surface area contributed by atoms with Crippen LogP contribution in [0.3, 0.4) is 0 Å². The molecule has 16 nitrogen and oxygen atoms in total. The quantitative estimate of drug-likeness (QED) is 0.0575. The predicted octanol–water partition coefficient (Wildman–Crippen LogP) is 8.61. The number of ketones is 1. The number of carboxylic acid groups (broad SMARTS) is 1. The summed E-state index contributed by atoms with van der Waals surface area (Å²) in [5.41, 5.74) is 5.50. The highest BCUT2D eigenvalue weighted by molar-refractivity contribution is 5.97. The Morgan fingerprint density at radius 1 is 0.620 bits per heavy atom. The number of nitrogens with one attached hydrogen (secondary N) is 2. The number of benzene rings is 4. The monoisotopic (exact) mass is 969 g/mol. The molecule has 8 aromatic rings. The summed E-state index contributed by atoms with van der Waals surface area (Å²) in [5, 5.41) is 15.0. The number of fused-ring (bicyclic) bond motifs is 2. The van der Waals surface area contributed by atoms with E-state index in [1.165, 1.54) is 114 Å². The van der Waals surface area contributed by atoms with E-state index in [9.17, 15) is 36.7 Å². The van der Waals surface area contributed by atoms with Gasteiger partial charge in [-0.05, 0) is 103 Å². The molecule has 5 N–H and O–H groups in total. The average Bonchev–Trinajstić information content (AvgIpc) is 3.37. The van der Waals surface area contributed by atoms with E-state index < -0.39 is 46.1 Å². The molecule has 360 valence electrons. The van der Waals surface area contributed by atoms with Crippen molar-refractivity contribution in [3.63, 3.8) is 0 Å². The standard InChI is InChI=1S/C26H19F2N3O4.C13H12FN3O2.C12H8FNO3/c27-17-4-6-18(7-5-17)31-12-1-2-19(26(31)33)21(32)15-16-3-8-22(20(28)14-16)35-23-9-10-29-25-24(23)34-13-11-30-25;14-9-7-8(15)1-2-10(9)19-11-3-4-16-13-12(11)18-6-5-17-13;13-8-3-5-9(6-4-8)14-7-1-2-10(11(14)15)12(16)17/h1-10,12,14H,11,13,15H2,(H,29,30);1-4,7H,5-6,15H2,(H,16,17);1-7H,(H,16,17). The number of nitrogens with two attached hydrogens (primary N) is 1. The van der Waals surface area contributed by atoms with Gasteiger partial charge in [-0.15, -0.1) is 0 Å². The van der Waals surface area contributed by atoms with Crippen LogP contribution in [0.25, 0.3) is 11.4 Å². The van der Waals surface area contributed by atoms with Crippen molar-refractivity contribution in [2.45, 2.75) is 6.42 Å². The van der Waals surface area contributed by atoms with Crippen LogP contribution in [-0.4, -0.2) is 62.3 Å². The van der Waals surface area contributed by atoms with Crippen LogP contribution in [0.15, 0.2) is 156 Å². The van der Waals surface area contributed by atoms with Crippen LogP contribution in [0, 0.1) is 23.3 Å². The van der Waals surface area contributed by atoms with Crippen LogP contribution in [0.4, 0.5) is 34.9 Å². The first-order valence-electron chi connectivity index (χ1n) is 21.4. The smallest absolute Gasteiger partial charge is 0.341 e. The Labute approximate surface area is 400 Å². The second-order valence-corrected chi connectivity index (χ2v) is 15.2. The molecule has 2 aliphatic heterocycles. The van der Waals surface area contributed by atoms with Crippen molar-refractivity contribution in [3.05, 3.63) is 207 Å². The molecule has 0 radical (unpaired) electrons. The van der Waals surface area contributed by atoms with Gasteiger partial charge < -0.3 is 40.4 Å². The topological polar surface area (TPSA) is 211 Å². The molecule has 4 aromatic carbocycles. The molecule has 71 heavy (non-hydrogen) atoms. The van der Waals surface area contributed by atoms with Gasteiger partial charge in [-0.2, -0.15) is 0 Å². The number of nitrogens with zero attached hydrogens (tertiary/aromatic N) is 4. The first-order valence-corrected chi connectivity index (χ1v) is 21.4. The lowest BCUT2D eigenvalue weighted by Crippen LogP contribution is -2.25. The zero-order valence-electron chi connectivity index (χ0n) is 37.0. The number of carboxylic acids is 1. The Morgan fingerprint density at radius 3 is 1.59 bits per heavy atom. The van der Waals surface area contributed by atoms with Crippen molar-refractivity contribution in [3.8, 4) is 45.9 Å². The summed E-state index contributed by atoms with van der Waals surface area (Å²) in [6, 6.07) is 27.9. The summed E-state index contributed by atoms with van der Waals surface area (Å²) in [7, 11) is 0. The zero-order valence-corrected chi connectivity index (χ0v) is 37.0. The number of nitrogen functional groups attached to an aromatic ring is 1. The molecule has 20 heteroatoms. The van der Waals surface area contributed by atoms with Gasteiger partial charge >= 0.3 is 5.97 Å². The molecule has 0 unspecified atom stereocenters. The molecule has 2 aliphatic rings. The van der Waals surface area contributed by atoms with Gasteiger partial charge in [0.2, 0.25) is 11.5 Å². The zero-order chi connectivity index (χ0) is 50.0. The molecule has 10 rings (SSSR count). The maximum absolute atomic E-state index is 14.8. The van der Waals surface area contributed by atoms with Gasteiger partial charge in [0.25, 0.3) is 11.1 Å². The predicted molar refractivity (Wildman–Crippen MR) is 253 cm³/mol. The van der Waals surface area contributed by atoms with Gasteiger partial charge in [0.15, 0.2) is 52.1 Å². The summed E-state index contributed by atoms with van der Waals surface area (Å²) in [5.74, 6) is -0.999. The van der Waals surface area contributed by atoms with Crippen molar-refractivity contribution in [1.82, 2.24) is 19.1 Å². The van der Waals surface area contributed by atoms with Crippen molar-refractivity contribution in [2.24, 2.45) is 0 Å². The van der Waals surface area contributed by atoms with Crippen LogP contribution >= 0.6 is 0 Å². The van der Waals surface area contributed by atoms with E-state index in [-0.39, 0.29) is 29.0 Å². The van der Waals surface area contributed by atoms with Gasteiger partial charge in [0.1, 0.15) is 30.4 Å². The molecule has 0 amide bonds. The highest BCUT2D eigenvalue weighted by Crippen LogP contribution is 2.40. The number of aromatic nitrogens is 4. The molecule has 0 aliphatic carbocycles. The van der Waals surface area contributed by atoms with Crippen molar-refractivity contribution >= 4 is 29.1 Å². The Kier molecular flexibility index (Phi) is 14.6. The number of hydrogen-bond acceptors (Lipinski definition) is 13. The fraction of sp³-hybridized carbons (Fsp3) is 0.0980. The summed E-state index contributed by atoms with van der Waals surface area (Å²) >= 11 is 0. The Hall–Kier alpha value is -9.46.